The lowest BCUT2D eigenvalue weighted by atomic mass is 9.92. The Labute approximate surface area is 199 Å². The molecular weight excluding hydrogens is 430 g/mol. The van der Waals surface area contributed by atoms with Gasteiger partial charge in [0.2, 0.25) is 18.6 Å². The van der Waals surface area contributed by atoms with Gasteiger partial charge in [-0.05, 0) is 54.8 Å². The summed E-state index contributed by atoms with van der Waals surface area (Å²) in [5, 5.41) is 1.02. The topological polar surface area (TPSA) is 74.9 Å². The highest BCUT2D eigenvalue weighted by molar-refractivity contribution is 6.07. The number of aromatic nitrogens is 1. The molecule has 2 aliphatic rings. The van der Waals surface area contributed by atoms with Gasteiger partial charge in [0.15, 0.2) is 11.5 Å². The number of benzene rings is 2. The highest BCUT2D eigenvalue weighted by Crippen LogP contribution is 2.52. The number of ether oxygens (including phenoxy) is 2. The molecule has 0 saturated heterocycles. The molecule has 34 heavy (non-hydrogen) atoms. The first-order chi connectivity index (χ1) is 16.1. The number of nitrogens with zero attached hydrogens (tertiary/aromatic N) is 2. The molecule has 5 rings (SSSR count). The van der Waals surface area contributed by atoms with Crippen LogP contribution in [0.25, 0.3) is 10.9 Å². The Morgan fingerprint density at radius 2 is 1.74 bits per heavy atom. The van der Waals surface area contributed by atoms with Crippen LogP contribution in [0.15, 0.2) is 42.5 Å². The second-order valence-electron chi connectivity index (χ2n) is 10.5. The van der Waals surface area contributed by atoms with Crippen LogP contribution in [-0.2, 0) is 20.4 Å². The molecule has 1 fully saturated rings. The van der Waals surface area contributed by atoms with Crippen molar-refractivity contribution >= 4 is 28.4 Å². The number of hydrogen-bond acceptors (Lipinski definition) is 4. The van der Waals surface area contributed by atoms with E-state index in [4.69, 9.17) is 9.47 Å². The maximum Gasteiger partial charge on any atom is 0.242 e. The summed E-state index contributed by atoms with van der Waals surface area (Å²) < 4.78 is 11.0. The first-order valence-electron chi connectivity index (χ1n) is 11.6. The molecule has 178 valence electrons. The Bertz CT molecular complexity index is 1280. The molecule has 7 heteroatoms. The smallest absolute Gasteiger partial charge is 0.242 e. The Hall–Kier alpha value is -3.48. The minimum absolute atomic E-state index is 0.0137. The van der Waals surface area contributed by atoms with E-state index in [-0.39, 0.29) is 30.6 Å². The number of fused-ring (bicyclic) bond motifs is 2. The summed E-state index contributed by atoms with van der Waals surface area (Å²) in [6.07, 6.45) is 1.47. The predicted octanol–water partition coefficient (Wildman–Crippen LogP) is 4.35. The van der Waals surface area contributed by atoms with Crippen molar-refractivity contribution in [2.24, 2.45) is 0 Å². The van der Waals surface area contributed by atoms with Crippen molar-refractivity contribution in [2.45, 2.75) is 44.4 Å². The number of carbonyl (C=O) groups excluding carboxylic acids is 2. The first-order valence-corrected chi connectivity index (χ1v) is 11.6. The van der Waals surface area contributed by atoms with Crippen molar-refractivity contribution < 1.29 is 19.1 Å². The highest BCUT2D eigenvalue weighted by atomic mass is 16.7. The molecule has 2 aromatic carbocycles. The monoisotopic (exact) mass is 461 g/mol. The first kappa shape index (κ1) is 22.3. The van der Waals surface area contributed by atoms with Crippen molar-refractivity contribution in [2.75, 3.05) is 32.3 Å². The molecule has 1 aromatic heterocycles. The van der Waals surface area contributed by atoms with Gasteiger partial charge in [-0.3, -0.25) is 9.59 Å². The number of H-pyrrole nitrogens is 1. The van der Waals surface area contributed by atoms with E-state index in [9.17, 15) is 9.59 Å². The summed E-state index contributed by atoms with van der Waals surface area (Å²) in [6.45, 7) is 6.65. The summed E-state index contributed by atoms with van der Waals surface area (Å²) in [7, 11) is 3.42. The number of nitrogens with one attached hydrogen (secondary N) is 1. The zero-order valence-electron chi connectivity index (χ0n) is 20.4. The summed E-state index contributed by atoms with van der Waals surface area (Å²) in [6, 6.07) is 13.7. The number of rotatable bonds is 5. The van der Waals surface area contributed by atoms with E-state index in [1.165, 1.54) is 4.90 Å². The third-order valence-corrected chi connectivity index (χ3v) is 6.85. The maximum absolute atomic E-state index is 14.1. The predicted molar refractivity (Wildman–Crippen MR) is 132 cm³/mol. The normalized spacial score (nSPS) is 15.9. The Balaban J connectivity index is 1.53. The van der Waals surface area contributed by atoms with Crippen LogP contribution in [0.4, 0.5) is 5.69 Å². The Kier molecular flexibility index (Phi) is 5.11. The largest absolute Gasteiger partial charge is 0.454 e. The molecule has 2 heterocycles. The van der Waals surface area contributed by atoms with Crippen LogP contribution in [0.1, 0.15) is 44.9 Å². The number of anilines is 1. The molecule has 0 bridgehead atoms. The average molecular weight is 462 g/mol. The van der Waals surface area contributed by atoms with Crippen LogP contribution in [0.5, 0.6) is 11.5 Å². The molecule has 0 radical (unpaired) electrons. The lowest BCUT2D eigenvalue weighted by molar-refractivity contribution is -0.129. The van der Waals surface area contributed by atoms with Gasteiger partial charge in [-0.2, -0.15) is 0 Å². The Morgan fingerprint density at radius 3 is 2.41 bits per heavy atom. The molecule has 1 aliphatic carbocycles. The van der Waals surface area contributed by atoms with Gasteiger partial charge in [0.1, 0.15) is 6.54 Å². The van der Waals surface area contributed by atoms with Crippen LogP contribution in [-0.4, -0.2) is 49.1 Å². The van der Waals surface area contributed by atoms with Crippen LogP contribution < -0.4 is 14.4 Å². The number of aromatic amines is 1. The fourth-order valence-corrected chi connectivity index (χ4v) is 4.45. The van der Waals surface area contributed by atoms with Gasteiger partial charge in [0.25, 0.3) is 0 Å². The van der Waals surface area contributed by atoms with Crippen molar-refractivity contribution in [1.29, 1.82) is 0 Å². The molecule has 1 saturated carbocycles. The molecule has 0 unspecified atom stereocenters. The van der Waals surface area contributed by atoms with Gasteiger partial charge >= 0.3 is 0 Å². The van der Waals surface area contributed by atoms with E-state index in [1.54, 1.807) is 19.0 Å². The van der Waals surface area contributed by atoms with Crippen LogP contribution in [0, 0.1) is 0 Å². The third kappa shape index (κ3) is 3.79. The second-order valence-corrected chi connectivity index (χ2v) is 10.5. The molecule has 3 aromatic rings. The van der Waals surface area contributed by atoms with E-state index in [0.29, 0.717) is 11.5 Å². The second kappa shape index (κ2) is 7.79. The molecule has 1 N–H and O–H groups in total. The van der Waals surface area contributed by atoms with Gasteiger partial charge in [-0.1, -0.05) is 26.8 Å². The average Bonchev–Trinajstić information content (AvgIpc) is 3.26. The lowest BCUT2D eigenvalue weighted by Crippen LogP contribution is -2.45. The molecule has 7 nitrogen and oxygen atoms in total. The van der Waals surface area contributed by atoms with E-state index < -0.39 is 5.41 Å². The quantitative estimate of drug-likeness (QED) is 0.613. The third-order valence-electron chi connectivity index (χ3n) is 6.85. The number of carbonyl (C=O) groups is 2. The van der Waals surface area contributed by atoms with Gasteiger partial charge in [-0.15, -0.1) is 0 Å². The summed E-state index contributed by atoms with van der Waals surface area (Å²) in [5.41, 5.74) is 3.09. The summed E-state index contributed by atoms with van der Waals surface area (Å²) in [4.78, 5) is 33.5. The van der Waals surface area contributed by atoms with Crippen molar-refractivity contribution in [3.63, 3.8) is 0 Å². The van der Waals surface area contributed by atoms with Gasteiger partial charge in [0.05, 0.1) is 5.41 Å². The van der Waals surface area contributed by atoms with Crippen molar-refractivity contribution in [3.05, 3.63) is 53.7 Å². The minimum Gasteiger partial charge on any atom is -0.454 e. The lowest BCUT2D eigenvalue weighted by Gasteiger charge is -2.28. The van der Waals surface area contributed by atoms with Gasteiger partial charge in [0, 0.05) is 41.8 Å². The standard InChI is InChI=1S/C27H31N3O4/c1-26(2,3)23-13-17-12-19(7-8-20(17)28-23)30(15-24(31)29(4)5)25(32)27(10-11-27)18-6-9-21-22(14-18)34-16-33-21/h6-9,12-14,28H,10-11,15-16H2,1-5H3. The summed E-state index contributed by atoms with van der Waals surface area (Å²) in [5.74, 6) is 1.17. The maximum atomic E-state index is 14.1. The van der Waals surface area contributed by atoms with Crippen LogP contribution >= 0.6 is 0 Å². The molecule has 2 amide bonds. The number of hydrogen-bond donors (Lipinski definition) is 1. The zero-order chi connectivity index (χ0) is 24.3. The van der Waals surface area contributed by atoms with E-state index in [1.807, 2.05) is 36.4 Å². The Morgan fingerprint density at radius 1 is 1.00 bits per heavy atom. The van der Waals surface area contributed by atoms with Crippen LogP contribution in [0.2, 0.25) is 0 Å². The fourth-order valence-electron chi connectivity index (χ4n) is 4.45. The van der Waals surface area contributed by atoms with Crippen LogP contribution in [0.3, 0.4) is 0 Å². The van der Waals surface area contributed by atoms with Crippen molar-refractivity contribution in [3.8, 4) is 11.5 Å². The van der Waals surface area contributed by atoms with E-state index in [2.05, 4.69) is 31.8 Å². The van der Waals surface area contributed by atoms with E-state index >= 15 is 0 Å². The zero-order valence-corrected chi connectivity index (χ0v) is 20.4. The fraction of sp³-hybridized carbons (Fsp3) is 0.407. The molecule has 0 atom stereocenters. The van der Waals surface area contributed by atoms with Gasteiger partial charge in [-0.25, -0.2) is 0 Å². The van der Waals surface area contributed by atoms with Crippen molar-refractivity contribution in [1.82, 2.24) is 9.88 Å². The number of amides is 2. The molecule has 0 spiro atoms. The highest BCUT2D eigenvalue weighted by Gasteiger charge is 2.54. The summed E-state index contributed by atoms with van der Waals surface area (Å²) >= 11 is 0. The molecular formula is C27H31N3O4. The SMILES string of the molecule is CN(C)C(=O)CN(C(=O)C1(c2ccc3c(c2)OCO3)CC1)c1ccc2[nH]c(C(C)(C)C)cc2c1. The number of likely N-dealkylation sites (N-methyl/N-ethyl adjacent to an activating group) is 1. The van der Waals surface area contributed by atoms with Gasteiger partial charge < -0.3 is 24.3 Å². The molecule has 1 aliphatic heterocycles. The minimum atomic E-state index is -0.656. The van der Waals surface area contributed by atoms with E-state index in [0.717, 1.165) is 40.7 Å².